The first kappa shape index (κ1) is 9.11. The number of carbonyl (C=O) groups excluding carboxylic acids is 1. The topological polar surface area (TPSA) is 71.5 Å². The van der Waals surface area contributed by atoms with Crippen LogP contribution in [0.2, 0.25) is 0 Å². The van der Waals surface area contributed by atoms with Crippen LogP contribution in [0.1, 0.15) is 28.4 Å². The monoisotopic (exact) mass is 232 g/mol. The highest BCUT2D eigenvalue weighted by Gasteiger charge is 2.17. The SMILES string of the molecule is [2H]C([2H])(O)c1cnc(NC(=O)OC(C)(C)C)s1. The van der Waals surface area contributed by atoms with Crippen LogP contribution < -0.4 is 5.32 Å². The van der Waals surface area contributed by atoms with Gasteiger partial charge in [0, 0.05) is 6.20 Å². The third-order valence-corrected chi connectivity index (χ3v) is 2.04. The molecule has 0 aliphatic rings. The predicted octanol–water partition coefficient (Wildman–Crippen LogP) is 1.98. The molecule has 2 N–H and O–H groups in total. The summed E-state index contributed by atoms with van der Waals surface area (Å²) in [5.74, 6) is 0. The number of nitrogens with zero attached hydrogens (tertiary/aromatic N) is 1. The van der Waals surface area contributed by atoms with Gasteiger partial charge in [0.2, 0.25) is 0 Å². The van der Waals surface area contributed by atoms with Crippen molar-refractivity contribution in [3.8, 4) is 0 Å². The second-order valence-corrected chi connectivity index (χ2v) is 4.80. The van der Waals surface area contributed by atoms with E-state index in [1.165, 1.54) is 0 Å². The molecule has 1 aromatic heterocycles. The molecule has 0 fully saturated rings. The molecule has 0 aromatic carbocycles. The molecule has 5 nitrogen and oxygen atoms in total. The zero-order valence-corrected chi connectivity index (χ0v) is 9.51. The summed E-state index contributed by atoms with van der Waals surface area (Å²) in [6, 6.07) is 0. The van der Waals surface area contributed by atoms with Crippen LogP contribution in [0.4, 0.5) is 9.93 Å². The van der Waals surface area contributed by atoms with Crippen LogP contribution in [-0.4, -0.2) is 21.8 Å². The fraction of sp³-hybridized carbons (Fsp3) is 0.556. The molecular formula is C9H14N2O3S. The van der Waals surface area contributed by atoms with Crippen molar-refractivity contribution in [3.63, 3.8) is 0 Å². The van der Waals surface area contributed by atoms with Crippen LogP contribution in [0.25, 0.3) is 0 Å². The molecule has 0 saturated carbocycles. The zero-order valence-electron chi connectivity index (χ0n) is 10.7. The number of thiazole rings is 1. The zero-order chi connectivity index (χ0) is 13.3. The number of nitrogens with one attached hydrogen (secondary N) is 1. The van der Waals surface area contributed by atoms with Crippen LogP contribution in [-0.2, 0) is 11.3 Å². The molecule has 84 valence electrons. The summed E-state index contributed by atoms with van der Waals surface area (Å²) in [4.78, 5) is 15.1. The number of hydrogen-bond donors (Lipinski definition) is 2. The second-order valence-electron chi connectivity index (χ2n) is 3.77. The normalized spacial score (nSPS) is 14.1. The van der Waals surface area contributed by atoms with Gasteiger partial charge < -0.3 is 9.84 Å². The van der Waals surface area contributed by atoms with E-state index < -0.39 is 18.3 Å². The van der Waals surface area contributed by atoms with Crippen molar-refractivity contribution in [3.05, 3.63) is 11.1 Å². The van der Waals surface area contributed by atoms with Crippen LogP contribution in [0.5, 0.6) is 0 Å². The second kappa shape index (κ2) is 4.59. The summed E-state index contributed by atoms with van der Waals surface area (Å²) in [5, 5.41) is 11.6. The Kier molecular flexibility index (Phi) is 2.79. The van der Waals surface area contributed by atoms with E-state index in [9.17, 15) is 4.79 Å². The Morgan fingerprint density at radius 1 is 1.80 bits per heavy atom. The fourth-order valence-electron chi connectivity index (χ4n) is 0.775. The standard InChI is InChI=1S/C9H14N2O3S/c1-9(2,3)14-8(13)11-7-10-4-6(5-12)15-7/h4,12H,5H2,1-3H3,(H,10,11,13)/i5D2. The lowest BCUT2D eigenvalue weighted by Gasteiger charge is -2.18. The largest absolute Gasteiger partial charge is 0.444 e. The Hall–Kier alpha value is -1.14. The summed E-state index contributed by atoms with van der Waals surface area (Å²) in [5.41, 5.74) is -0.615. The quantitative estimate of drug-likeness (QED) is 0.818. The summed E-state index contributed by atoms with van der Waals surface area (Å²) in [6.07, 6.45) is 0.495. The number of carbonyl (C=O) groups is 1. The molecule has 6 heteroatoms. The Labute approximate surface area is 94.9 Å². The molecule has 0 radical (unpaired) electrons. The van der Waals surface area contributed by atoms with Crippen LogP contribution >= 0.6 is 11.3 Å². The van der Waals surface area contributed by atoms with Gasteiger partial charge in [0.15, 0.2) is 5.13 Å². The minimum atomic E-state index is -2.45. The maximum Gasteiger partial charge on any atom is 0.413 e. The highest BCUT2D eigenvalue weighted by Crippen LogP contribution is 2.18. The number of amides is 1. The molecule has 0 aliphatic carbocycles. The molecule has 0 saturated heterocycles. The van der Waals surface area contributed by atoms with E-state index in [1.54, 1.807) is 20.8 Å². The molecule has 1 amide bonds. The van der Waals surface area contributed by atoms with E-state index in [0.717, 1.165) is 17.5 Å². The molecule has 1 heterocycles. The average Bonchev–Trinajstić information content (AvgIpc) is 2.47. The maximum atomic E-state index is 11.4. The van der Waals surface area contributed by atoms with Crippen LogP contribution in [0.15, 0.2) is 6.20 Å². The van der Waals surface area contributed by atoms with Crippen molar-refractivity contribution in [1.82, 2.24) is 4.98 Å². The highest BCUT2D eigenvalue weighted by atomic mass is 32.1. The molecule has 1 rings (SSSR count). The Bertz CT molecular complexity index is 409. The Balaban J connectivity index is 2.65. The molecular weight excluding hydrogens is 216 g/mol. The fourth-order valence-corrected chi connectivity index (χ4v) is 1.37. The van der Waals surface area contributed by atoms with Crippen molar-refractivity contribution < 1.29 is 17.4 Å². The van der Waals surface area contributed by atoms with E-state index in [-0.39, 0.29) is 10.0 Å². The minimum absolute atomic E-state index is 0.0172. The molecule has 0 atom stereocenters. The summed E-state index contributed by atoms with van der Waals surface area (Å²) >= 11 is 0.846. The van der Waals surface area contributed by atoms with Gasteiger partial charge in [-0.25, -0.2) is 9.78 Å². The van der Waals surface area contributed by atoms with Crippen molar-refractivity contribution in [1.29, 1.82) is 0 Å². The first-order valence-electron chi connectivity index (χ1n) is 5.26. The third-order valence-electron chi connectivity index (χ3n) is 1.22. The number of hydrogen-bond acceptors (Lipinski definition) is 5. The van der Waals surface area contributed by atoms with E-state index >= 15 is 0 Å². The van der Waals surface area contributed by atoms with Crippen LogP contribution in [0.3, 0.4) is 0 Å². The van der Waals surface area contributed by atoms with Crippen molar-refractivity contribution >= 4 is 22.6 Å². The smallest absolute Gasteiger partial charge is 0.413 e. The minimum Gasteiger partial charge on any atom is -0.444 e. The van der Waals surface area contributed by atoms with Gasteiger partial charge >= 0.3 is 6.09 Å². The first-order valence-corrected chi connectivity index (χ1v) is 5.08. The average molecular weight is 232 g/mol. The summed E-state index contributed by atoms with van der Waals surface area (Å²) < 4.78 is 19.1. The lowest BCUT2D eigenvalue weighted by atomic mass is 10.2. The number of rotatable bonds is 2. The number of anilines is 1. The van der Waals surface area contributed by atoms with Crippen LogP contribution in [0, 0.1) is 0 Å². The third kappa shape index (κ3) is 4.26. The molecule has 0 spiro atoms. The van der Waals surface area contributed by atoms with Gasteiger partial charge in [0.05, 0.1) is 14.2 Å². The number of ether oxygens (including phenoxy) is 1. The van der Waals surface area contributed by atoms with Gasteiger partial charge in [0.25, 0.3) is 0 Å². The van der Waals surface area contributed by atoms with E-state index in [1.807, 2.05) is 0 Å². The molecule has 0 aliphatic heterocycles. The maximum absolute atomic E-state index is 11.4. The first-order chi connectivity index (χ1) is 7.58. The van der Waals surface area contributed by atoms with E-state index in [0.29, 0.717) is 0 Å². The highest BCUT2D eigenvalue weighted by molar-refractivity contribution is 7.15. The summed E-state index contributed by atoms with van der Waals surface area (Å²) in [7, 11) is 0. The Morgan fingerprint density at radius 3 is 2.93 bits per heavy atom. The predicted molar refractivity (Wildman–Crippen MR) is 57.9 cm³/mol. The van der Waals surface area contributed by atoms with Crippen molar-refractivity contribution in [2.24, 2.45) is 0 Å². The lowest BCUT2D eigenvalue weighted by molar-refractivity contribution is 0.0636. The molecule has 1 aromatic rings. The molecule has 0 bridgehead atoms. The number of aliphatic hydroxyl groups is 1. The van der Waals surface area contributed by atoms with Gasteiger partial charge in [-0.05, 0) is 20.8 Å². The van der Waals surface area contributed by atoms with Gasteiger partial charge in [-0.3, -0.25) is 5.32 Å². The van der Waals surface area contributed by atoms with Gasteiger partial charge in [0.1, 0.15) is 5.60 Å². The van der Waals surface area contributed by atoms with E-state index in [4.69, 9.17) is 12.6 Å². The van der Waals surface area contributed by atoms with Crippen molar-refractivity contribution in [2.45, 2.75) is 32.9 Å². The van der Waals surface area contributed by atoms with Crippen molar-refractivity contribution in [2.75, 3.05) is 5.32 Å². The van der Waals surface area contributed by atoms with Gasteiger partial charge in [-0.2, -0.15) is 0 Å². The Morgan fingerprint density at radius 2 is 2.47 bits per heavy atom. The van der Waals surface area contributed by atoms with Gasteiger partial charge in [-0.1, -0.05) is 11.3 Å². The molecule has 0 unspecified atom stereocenters. The van der Waals surface area contributed by atoms with Gasteiger partial charge in [-0.15, -0.1) is 0 Å². The summed E-state index contributed by atoms with van der Waals surface area (Å²) in [6.45, 7) is 2.73. The lowest BCUT2D eigenvalue weighted by Crippen LogP contribution is -2.27. The molecule has 15 heavy (non-hydrogen) atoms. The number of aromatic nitrogens is 1. The van der Waals surface area contributed by atoms with E-state index in [2.05, 4.69) is 10.3 Å².